The molecule has 0 bridgehead atoms. The molecule has 0 aromatic carbocycles. The van der Waals surface area contributed by atoms with Crippen molar-refractivity contribution < 1.29 is 24.5 Å². The third kappa shape index (κ3) is 7.51. The number of aliphatic hydroxyl groups excluding tert-OH is 2. The summed E-state index contributed by atoms with van der Waals surface area (Å²) in [7, 11) is 0. The summed E-state index contributed by atoms with van der Waals surface area (Å²) in [6.45, 7) is -0.332. The number of hydrogen-bond donors (Lipinski definition) is 3. The summed E-state index contributed by atoms with van der Waals surface area (Å²) in [5.41, 5.74) is 0. The van der Waals surface area contributed by atoms with Crippen LogP contribution in [-0.2, 0) is 9.53 Å². The van der Waals surface area contributed by atoms with Crippen LogP contribution in [0.5, 0.6) is 0 Å². The summed E-state index contributed by atoms with van der Waals surface area (Å²) in [4.78, 5) is 20.7. The molecule has 0 saturated carbocycles. The van der Waals surface area contributed by atoms with Crippen LogP contribution >= 0.6 is 0 Å². The molecule has 0 spiro atoms. The van der Waals surface area contributed by atoms with E-state index < -0.39 is 18.8 Å². The smallest absolute Gasteiger partial charge is 0.407 e. The zero-order chi connectivity index (χ0) is 10.8. The fraction of sp³-hybridized carbons (Fsp3) is 0.750. The van der Waals surface area contributed by atoms with Crippen molar-refractivity contribution in [2.24, 2.45) is 0 Å². The maximum absolute atomic E-state index is 10.8. The van der Waals surface area contributed by atoms with Gasteiger partial charge in [-0.15, -0.1) is 0 Å². The molecule has 0 aliphatic carbocycles. The molecule has 0 saturated heterocycles. The van der Waals surface area contributed by atoms with E-state index in [1.807, 2.05) is 0 Å². The lowest BCUT2D eigenvalue weighted by atomic mass is 10.3. The van der Waals surface area contributed by atoms with Crippen LogP contribution in [0.3, 0.4) is 0 Å². The highest BCUT2D eigenvalue weighted by atomic mass is 16.6. The number of unbranched alkanes of at least 4 members (excludes halogenated alkanes) is 1. The third-order valence-corrected chi connectivity index (χ3v) is 1.39. The zero-order valence-electron chi connectivity index (χ0n) is 7.81. The number of alkyl carbamates (subject to hydrolysis) is 1. The lowest BCUT2D eigenvalue weighted by Crippen LogP contribution is -2.29. The van der Waals surface area contributed by atoms with E-state index in [-0.39, 0.29) is 6.61 Å². The van der Waals surface area contributed by atoms with Gasteiger partial charge in [-0.05, 0) is 6.42 Å². The second kappa shape index (κ2) is 8.46. The van der Waals surface area contributed by atoms with Gasteiger partial charge >= 0.3 is 6.09 Å². The van der Waals surface area contributed by atoms with Crippen molar-refractivity contribution in [2.75, 3.05) is 19.8 Å². The van der Waals surface area contributed by atoms with Crippen LogP contribution in [0, 0.1) is 0 Å². The van der Waals surface area contributed by atoms with Crippen LogP contribution in [0.2, 0.25) is 0 Å². The van der Waals surface area contributed by atoms with Gasteiger partial charge in [-0.1, -0.05) is 0 Å². The minimum Gasteiger partial charge on any atom is -0.447 e. The fourth-order valence-corrected chi connectivity index (χ4v) is 0.651. The molecule has 0 aromatic rings. The van der Waals surface area contributed by atoms with Gasteiger partial charge in [0.05, 0.1) is 6.61 Å². The Morgan fingerprint density at radius 2 is 2.29 bits per heavy atom. The SMILES string of the molecule is O=CCCCNC(=O)OCC(O)CO. The highest BCUT2D eigenvalue weighted by molar-refractivity contribution is 5.67. The number of hydrogen-bond acceptors (Lipinski definition) is 5. The van der Waals surface area contributed by atoms with Gasteiger partial charge in [0.2, 0.25) is 0 Å². The first-order chi connectivity index (χ1) is 6.70. The Balaban J connectivity index is 3.32. The Hall–Kier alpha value is -1.14. The average molecular weight is 205 g/mol. The van der Waals surface area contributed by atoms with Crippen LogP contribution in [0.15, 0.2) is 0 Å². The van der Waals surface area contributed by atoms with E-state index in [9.17, 15) is 9.59 Å². The number of carbonyl (C=O) groups excluding carboxylic acids is 2. The Labute approximate surface area is 81.9 Å². The van der Waals surface area contributed by atoms with E-state index in [4.69, 9.17) is 10.2 Å². The molecule has 82 valence electrons. The van der Waals surface area contributed by atoms with Crippen molar-refractivity contribution in [3.8, 4) is 0 Å². The molecule has 0 heterocycles. The predicted molar refractivity (Wildman–Crippen MR) is 47.7 cm³/mol. The molecular weight excluding hydrogens is 190 g/mol. The minimum absolute atomic E-state index is 0.240. The van der Waals surface area contributed by atoms with E-state index in [0.717, 1.165) is 6.29 Å². The monoisotopic (exact) mass is 205 g/mol. The average Bonchev–Trinajstić information content (AvgIpc) is 2.21. The van der Waals surface area contributed by atoms with Crippen LogP contribution in [0.4, 0.5) is 4.79 Å². The van der Waals surface area contributed by atoms with E-state index >= 15 is 0 Å². The van der Waals surface area contributed by atoms with Crippen molar-refractivity contribution >= 4 is 12.4 Å². The maximum atomic E-state index is 10.8. The van der Waals surface area contributed by atoms with E-state index in [1.54, 1.807) is 0 Å². The molecule has 0 rings (SSSR count). The van der Waals surface area contributed by atoms with Gasteiger partial charge in [0, 0.05) is 13.0 Å². The number of nitrogens with one attached hydrogen (secondary N) is 1. The van der Waals surface area contributed by atoms with Gasteiger partial charge in [-0.2, -0.15) is 0 Å². The lowest BCUT2D eigenvalue weighted by molar-refractivity contribution is -0.107. The normalized spacial score (nSPS) is 11.9. The number of amides is 1. The third-order valence-electron chi connectivity index (χ3n) is 1.39. The van der Waals surface area contributed by atoms with Gasteiger partial charge in [0.1, 0.15) is 19.0 Å². The molecule has 0 aromatic heterocycles. The molecule has 14 heavy (non-hydrogen) atoms. The molecule has 0 aliphatic heterocycles. The van der Waals surface area contributed by atoms with Gasteiger partial charge in [0.25, 0.3) is 0 Å². The van der Waals surface area contributed by atoms with Crippen LogP contribution in [-0.4, -0.2) is 48.5 Å². The van der Waals surface area contributed by atoms with Crippen molar-refractivity contribution in [3.63, 3.8) is 0 Å². The lowest BCUT2D eigenvalue weighted by Gasteiger charge is -2.08. The van der Waals surface area contributed by atoms with Crippen molar-refractivity contribution in [1.82, 2.24) is 5.32 Å². The van der Waals surface area contributed by atoms with Gasteiger partial charge in [-0.3, -0.25) is 0 Å². The van der Waals surface area contributed by atoms with Gasteiger partial charge < -0.3 is 25.1 Å². The maximum Gasteiger partial charge on any atom is 0.407 e. The highest BCUT2D eigenvalue weighted by Gasteiger charge is 2.06. The molecule has 1 unspecified atom stereocenters. The molecule has 0 radical (unpaired) electrons. The quantitative estimate of drug-likeness (QED) is 0.367. The van der Waals surface area contributed by atoms with Crippen LogP contribution < -0.4 is 5.32 Å². The van der Waals surface area contributed by atoms with E-state index in [0.29, 0.717) is 19.4 Å². The molecule has 3 N–H and O–H groups in total. The van der Waals surface area contributed by atoms with Crippen molar-refractivity contribution in [2.45, 2.75) is 18.9 Å². The molecule has 0 fully saturated rings. The number of ether oxygens (including phenoxy) is 1. The van der Waals surface area contributed by atoms with Gasteiger partial charge in [0.15, 0.2) is 0 Å². The highest BCUT2D eigenvalue weighted by Crippen LogP contribution is 1.86. The second-order valence-electron chi connectivity index (χ2n) is 2.67. The number of carbonyl (C=O) groups is 2. The summed E-state index contributed by atoms with van der Waals surface area (Å²) >= 11 is 0. The largest absolute Gasteiger partial charge is 0.447 e. The molecule has 1 atom stereocenters. The summed E-state index contributed by atoms with van der Waals surface area (Å²) in [5.74, 6) is 0. The molecule has 6 heteroatoms. The summed E-state index contributed by atoms with van der Waals surface area (Å²) < 4.78 is 4.53. The summed E-state index contributed by atoms with van der Waals surface area (Å²) in [6, 6.07) is 0. The first-order valence-electron chi connectivity index (χ1n) is 4.34. The molecule has 0 aliphatic rings. The summed E-state index contributed by atoms with van der Waals surface area (Å²) in [6.07, 6.45) is 0.00239. The van der Waals surface area contributed by atoms with Gasteiger partial charge in [-0.25, -0.2) is 4.79 Å². The first-order valence-corrected chi connectivity index (χ1v) is 4.34. The number of aliphatic hydroxyl groups is 2. The fourth-order valence-electron chi connectivity index (χ4n) is 0.651. The Kier molecular flexibility index (Phi) is 7.77. The minimum atomic E-state index is -1.05. The topological polar surface area (TPSA) is 95.9 Å². The molecule has 6 nitrogen and oxygen atoms in total. The number of aldehydes is 1. The molecular formula is C8H15NO5. The van der Waals surface area contributed by atoms with E-state index in [2.05, 4.69) is 10.1 Å². The van der Waals surface area contributed by atoms with Crippen LogP contribution in [0.25, 0.3) is 0 Å². The zero-order valence-corrected chi connectivity index (χ0v) is 7.81. The Morgan fingerprint density at radius 3 is 2.86 bits per heavy atom. The first kappa shape index (κ1) is 12.9. The predicted octanol–water partition coefficient (Wildman–Crippen LogP) is -0.955. The second-order valence-corrected chi connectivity index (χ2v) is 2.67. The van der Waals surface area contributed by atoms with Crippen LogP contribution in [0.1, 0.15) is 12.8 Å². The molecule has 1 amide bonds. The number of rotatable bonds is 7. The summed E-state index contributed by atoms with van der Waals surface area (Å²) in [5, 5.41) is 19.6. The van der Waals surface area contributed by atoms with Crippen molar-refractivity contribution in [1.29, 1.82) is 0 Å². The standard InChI is InChI=1S/C8H15NO5/c10-4-2-1-3-9-8(13)14-6-7(12)5-11/h4,7,11-12H,1-3,5-6H2,(H,9,13). The van der Waals surface area contributed by atoms with E-state index in [1.165, 1.54) is 0 Å². The Morgan fingerprint density at radius 1 is 1.57 bits per heavy atom. The Bertz CT molecular complexity index is 173. The van der Waals surface area contributed by atoms with Crippen molar-refractivity contribution in [3.05, 3.63) is 0 Å².